The van der Waals surface area contributed by atoms with E-state index in [4.69, 9.17) is 27.9 Å². The Bertz CT molecular complexity index is 915. The van der Waals surface area contributed by atoms with Crippen LogP contribution in [0, 0.1) is 12.8 Å². The molecule has 2 aromatic rings. The number of nitrogens with zero attached hydrogens (tertiary/aromatic N) is 1. The molecule has 6 nitrogen and oxygen atoms in total. The first-order valence-corrected chi connectivity index (χ1v) is 9.38. The normalized spacial score (nSPS) is 16.2. The minimum Gasteiger partial charge on any atom is -0.455 e. The molecule has 0 radical (unpaired) electrons. The Morgan fingerprint density at radius 2 is 1.89 bits per heavy atom. The van der Waals surface area contributed by atoms with Gasteiger partial charge in [0.1, 0.15) is 0 Å². The number of esters is 1. The first kappa shape index (κ1) is 20.2. The molecule has 1 aliphatic rings. The van der Waals surface area contributed by atoms with Crippen molar-refractivity contribution in [3.8, 4) is 0 Å². The molecule has 0 unspecified atom stereocenters. The average molecular weight is 421 g/mol. The van der Waals surface area contributed by atoms with E-state index in [9.17, 15) is 14.4 Å². The molecular formula is C20H18Cl2N2O4. The second-order valence-corrected chi connectivity index (χ2v) is 7.30. The summed E-state index contributed by atoms with van der Waals surface area (Å²) >= 11 is 11.9. The minimum atomic E-state index is -0.630. The van der Waals surface area contributed by atoms with Gasteiger partial charge in [-0.3, -0.25) is 14.4 Å². The molecule has 1 aliphatic heterocycles. The lowest BCUT2D eigenvalue weighted by Crippen LogP contribution is -2.28. The maximum Gasteiger partial charge on any atom is 0.311 e. The molecule has 28 heavy (non-hydrogen) atoms. The highest BCUT2D eigenvalue weighted by Crippen LogP contribution is 2.31. The molecule has 1 N–H and O–H groups in total. The van der Waals surface area contributed by atoms with E-state index < -0.39 is 24.4 Å². The van der Waals surface area contributed by atoms with E-state index in [1.54, 1.807) is 42.5 Å². The molecule has 2 aromatic carbocycles. The first-order chi connectivity index (χ1) is 13.3. The van der Waals surface area contributed by atoms with Gasteiger partial charge in [0.25, 0.3) is 5.91 Å². The lowest BCUT2D eigenvalue weighted by atomic mass is 10.1. The van der Waals surface area contributed by atoms with Crippen molar-refractivity contribution in [2.45, 2.75) is 13.3 Å². The van der Waals surface area contributed by atoms with Gasteiger partial charge < -0.3 is 15.0 Å². The van der Waals surface area contributed by atoms with Crippen LogP contribution in [-0.4, -0.2) is 30.9 Å². The molecule has 0 aromatic heterocycles. The molecule has 1 heterocycles. The summed E-state index contributed by atoms with van der Waals surface area (Å²) in [6, 6.07) is 11.8. The second-order valence-electron chi connectivity index (χ2n) is 6.45. The van der Waals surface area contributed by atoms with Gasteiger partial charge in [-0.2, -0.15) is 0 Å². The van der Waals surface area contributed by atoms with E-state index in [2.05, 4.69) is 5.32 Å². The van der Waals surface area contributed by atoms with Crippen molar-refractivity contribution in [2.75, 3.05) is 23.4 Å². The van der Waals surface area contributed by atoms with Crippen LogP contribution in [0.5, 0.6) is 0 Å². The predicted octanol–water partition coefficient (Wildman–Crippen LogP) is 3.84. The monoisotopic (exact) mass is 420 g/mol. The molecule has 1 atom stereocenters. The molecule has 1 fully saturated rings. The van der Waals surface area contributed by atoms with Crippen molar-refractivity contribution in [1.82, 2.24) is 0 Å². The quantitative estimate of drug-likeness (QED) is 0.745. The molecule has 8 heteroatoms. The summed E-state index contributed by atoms with van der Waals surface area (Å²) in [5.74, 6) is -1.86. The number of carbonyl (C=O) groups excluding carboxylic acids is 3. The van der Waals surface area contributed by atoms with Crippen molar-refractivity contribution >= 4 is 52.4 Å². The standard InChI is InChI=1S/C20H18Cl2N2O4/c1-12-16(22)3-2-4-17(12)24-10-13(9-19(24)26)20(27)28-11-18(25)23-15-7-5-14(21)6-8-15/h2-8,13H,9-11H2,1H3,(H,23,25)/t13-/m1/s1. The molecule has 0 saturated carbocycles. The highest BCUT2D eigenvalue weighted by Gasteiger charge is 2.37. The fourth-order valence-electron chi connectivity index (χ4n) is 2.97. The summed E-state index contributed by atoms with van der Waals surface area (Å²) in [5.41, 5.74) is 1.99. The lowest BCUT2D eigenvalue weighted by molar-refractivity contribution is -0.151. The second kappa shape index (κ2) is 8.63. The number of anilines is 2. The van der Waals surface area contributed by atoms with E-state index >= 15 is 0 Å². The SMILES string of the molecule is Cc1c(Cl)cccc1N1C[C@H](C(=O)OCC(=O)Nc2ccc(Cl)cc2)CC1=O. The highest BCUT2D eigenvalue weighted by atomic mass is 35.5. The van der Waals surface area contributed by atoms with Crippen LogP contribution >= 0.6 is 23.2 Å². The number of rotatable bonds is 5. The van der Waals surface area contributed by atoms with E-state index in [1.165, 1.54) is 4.90 Å². The zero-order chi connectivity index (χ0) is 20.3. The summed E-state index contributed by atoms with van der Waals surface area (Å²) in [7, 11) is 0. The van der Waals surface area contributed by atoms with Crippen LogP contribution in [0.15, 0.2) is 42.5 Å². The van der Waals surface area contributed by atoms with Crippen LogP contribution in [0.25, 0.3) is 0 Å². The molecule has 0 spiro atoms. The molecule has 2 amide bonds. The smallest absolute Gasteiger partial charge is 0.311 e. The largest absolute Gasteiger partial charge is 0.455 e. The van der Waals surface area contributed by atoms with Crippen LogP contribution in [0.2, 0.25) is 10.0 Å². The minimum absolute atomic E-state index is 0.0313. The molecule has 3 rings (SSSR count). The van der Waals surface area contributed by atoms with Gasteiger partial charge >= 0.3 is 5.97 Å². The maximum atomic E-state index is 12.3. The Morgan fingerprint density at radius 1 is 1.18 bits per heavy atom. The van der Waals surface area contributed by atoms with Gasteiger partial charge in [-0.25, -0.2) is 0 Å². The van der Waals surface area contributed by atoms with Gasteiger partial charge in [0, 0.05) is 34.4 Å². The third-order valence-electron chi connectivity index (χ3n) is 4.46. The van der Waals surface area contributed by atoms with Gasteiger partial charge in [0.05, 0.1) is 5.92 Å². The van der Waals surface area contributed by atoms with Gasteiger partial charge in [0.2, 0.25) is 5.91 Å². The Kier molecular flexibility index (Phi) is 6.21. The van der Waals surface area contributed by atoms with Crippen molar-refractivity contribution < 1.29 is 19.1 Å². The highest BCUT2D eigenvalue weighted by molar-refractivity contribution is 6.32. The maximum absolute atomic E-state index is 12.3. The van der Waals surface area contributed by atoms with Crippen LogP contribution in [-0.2, 0) is 19.1 Å². The summed E-state index contributed by atoms with van der Waals surface area (Å²) in [5, 5.41) is 3.71. The molecule has 146 valence electrons. The zero-order valence-electron chi connectivity index (χ0n) is 15.1. The van der Waals surface area contributed by atoms with Crippen molar-refractivity contribution in [3.05, 3.63) is 58.1 Å². The Labute approximate surface area is 172 Å². The predicted molar refractivity (Wildman–Crippen MR) is 108 cm³/mol. The van der Waals surface area contributed by atoms with E-state index in [1.807, 2.05) is 6.92 Å². The number of carbonyl (C=O) groups is 3. The Hall–Kier alpha value is -2.57. The van der Waals surface area contributed by atoms with Gasteiger partial charge in [-0.05, 0) is 48.9 Å². The third-order valence-corrected chi connectivity index (χ3v) is 5.12. The molecule has 0 bridgehead atoms. The van der Waals surface area contributed by atoms with Crippen molar-refractivity contribution in [3.63, 3.8) is 0 Å². The number of halogens is 2. The number of hydrogen-bond donors (Lipinski definition) is 1. The lowest BCUT2D eigenvalue weighted by Gasteiger charge is -2.19. The summed E-state index contributed by atoms with van der Waals surface area (Å²) in [6.07, 6.45) is 0.0313. The van der Waals surface area contributed by atoms with Gasteiger partial charge in [-0.1, -0.05) is 29.3 Å². The summed E-state index contributed by atoms with van der Waals surface area (Å²) < 4.78 is 5.09. The summed E-state index contributed by atoms with van der Waals surface area (Å²) in [4.78, 5) is 38.1. The number of hydrogen-bond acceptors (Lipinski definition) is 4. The zero-order valence-corrected chi connectivity index (χ0v) is 16.6. The average Bonchev–Trinajstić information content (AvgIpc) is 3.05. The van der Waals surface area contributed by atoms with E-state index in [0.29, 0.717) is 21.4 Å². The fourth-order valence-corrected chi connectivity index (χ4v) is 3.27. The molecule has 0 aliphatic carbocycles. The topological polar surface area (TPSA) is 75.7 Å². The van der Waals surface area contributed by atoms with Gasteiger partial charge in [-0.15, -0.1) is 0 Å². The Balaban J connectivity index is 1.55. The van der Waals surface area contributed by atoms with Crippen LogP contribution in [0.1, 0.15) is 12.0 Å². The van der Waals surface area contributed by atoms with Crippen LogP contribution in [0.4, 0.5) is 11.4 Å². The van der Waals surface area contributed by atoms with Gasteiger partial charge in [0.15, 0.2) is 6.61 Å². The van der Waals surface area contributed by atoms with Crippen LogP contribution < -0.4 is 10.2 Å². The Morgan fingerprint density at radius 3 is 2.61 bits per heavy atom. The number of ether oxygens (including phenoxy) is 1. The number of amides is 2. The first-order valence-electron chi connectivity index (χ1n) is 8.62. The third kappa shape index (κ3) is 4.64. The number of benzene rings is 2. The summed E-state index contributed by atoms with van der Waals surface area (Å²) in [6.45, 7) is 1.58. The van der Waals surface area contributed by atoms with Crippen molar-refractivity contribution in [2.24, 2.45) is 5.92 Å². The fraction of sp³-hybridized carbons (Fsp3) is 0.250. The number of nitrogens with one attached hydrogen (secondary N) is 1. The van der Waals surface area contributed by atoms with Crippen LogP contribution in [0.3, 0.4) is 0 Å². The van der Waals surface area contributed by atoms with E-state index in [0.717, 1.165) is 5.56 Å². The molecule has 1 saturated heterocycles. The van der Waals surface area contributed by atoms with E-state index in [-0.39, 0.29) is 18.9 Å². The van der Waals surface area contributed by atoms with Crippen molar-refractivity contribution in [1.29, 1.82) is 0 Å². The molecular weight excluding hydrogens is 403 g/mol.